The molecule has 0 saturated heterocycles. The summed E-state index contributed by atoms with van der Waals surface area (Å²) in [5.41, 5.74) is 0. The summed E-state index contributed by atoms with van der Waals surface area (Å²) in [5, 5.41) is 0. The predicted octanol–water partition coefficient (Wildman–Crippen LogP) is 1.51. The molecule has 0 aromatic carbocycles. The molecule has 3 nitrogen and oxygen atoms in total. The van der Waals surface area contributed by atoms with Gasteiger partial charge < -0.3 is 0 Å². The molecular weight excluding hydrogens is 245 g/mol. The first-order chi connectivity index (χ1) is 6.60. The van der Waals surface area contributed by atoms with Gasteiger partial charge in [-0.2, -0.15) is 4.31 Å². The summed E-state index contributed by atoms with van der Waals surface area (Å²) in [6.07, 6.45) is 2.07. The normalized spacial score (nSPS) is 17.6. The summed E-state index contributed by atoms with van der Waals surface area (Å²) < 4.78 is 24.9. The molecule has 0 aliphatic heterocycles. The average molecular weight is 260 g/mol. The number of rotatable bonds is 7. The van der Waals surface area contributed by atoms with Crippen LogP contribution in [-0.2, 0) is 10.0 Å². The molecule has 0 bridgehead atoms. The van der Waals surface area contributed by atoms with E-state index in [1.165, 1.54) is 4.31 Å². The van der Waals surface area contributed by atoms with Crippen molar-refractivity contribution in [2.24, 2.45) is 5.92 Å². The van der Waals surface area contributed by atoms with Crippen LogP contribution in [0.1, 0.15) is 12.8 Å². The van der Waals surface area contributed by atoms with Gasteiger partial charge in [-0.25, -0.2) is 8.42 Å². The lowest BCUT2D eigenvalue weighted by atomic mass is 10.5. The van der Waals surface area contributed by atoms with Gasteiger partial charge in [-0.3, -0.25) is 0 Å². The molecule has 84 valence electrons. The largest absolute Gasteiger partial charge is 0.214 e. The smallest absolute Gasteiger partial charge is 0.212 e. The maximum Gasteiger partial charge on any atom is 0.214 e. The number of hydrogen-bond acceptors (Lipinski definition) is 2. The van der Waals surface area contributed by atoms with E-state index in [-0.39, 0.29) is 5.75 Å². The Morgan fingerprint density at radius 3 is 2.00 bits per heavy atom. The van der Waals surface area contributed by atoms with Gasteiger partial charge in [0.05, 0.1) is 5.75 Å². The van der Waals surface area contributed by atoms with Gasteiger partial charge in [0.15, 0.2) is 0 Å². The van der Waals surface area contributed by atoms with Crippen LogP contribution in [0.3, 0.4) is 0 Å². The Hall–Kier alpha value is 0.490. The number of sulfonamides is 1. The van der Waals surface area contributed by atoms with Crippen molar-refractivity contribution < 1.29 is 8.42 Å². The van der Waals surface area contributed by atoms with Crippen LogP contribution in [0.25, 0.3) is 0 Å². The van der Waals surface area contributed by atoms with Crippen molar-refractivity contribution in [1.29, 1.82) is 0 Å². The summed E-state index contributed by atoms with van der Waals surface area (Å²) >= 11 is 11.1. The fraction of sp³-hybridized carbons (Fsp3) is 1.00. The standard InChI is InChI=1S/C8H15Cl2NO2S/c9-3-5-11(6-4-10)14(12,13)7-8-1-2-8/h8H,1-7H2. The van der Waals surface area contributed by atoms with Crippen molar-refractivity contribution in [3.8, 4) is 0 Å². The number of halogens is 2. The van der Waals surface area contributed by atoms with Crippen molar-refractivity contribution in [2.75, 3.05) is 30.6 Å². The lowest BCUT2D eigenvalue weighted by Crippen LogP contribution is -2.36. The molecule has 1 fully saturated rings. The minimum atomic E-state index is -3.12. The highest BCUT2D eigenvalue weighted by atomic mass is 35.5. The molecule has 0 unspecified atom stereocenters. The molecule has 0 N–H and O–H groups in total. The van der Waals surface area contributed by atoms with E-state index in [2.05, 4.69) is 0 Å². The minimum Gasteiger partial charge on any atom is -0.212 e. The topological polar surface area (TPSA) is 37.4 Å². The SMILES string of the molecule is O=S(=O)(CC1CC1)N(CCCl)CCCl. The van der Waals surface area contributed by atoms with Crippen LogP contribution >= 0.6 is 23.2 Å². The summed E-state index contributed by atoms with van der Waals surface area (Å²) in [6, 6.07) is 0. The van der Waals surface area contributed by atoms with Crippen LogP contribution < -0.4 is 0 Å². The van der Waals surface area contributed by atoms with Gasteiger partial charge in [-0.05, 0) is 18.8 Å². The number of alkyl halides is 2. The van der Waals surface area contributed by atoms with Crippen LogP contribution in [-0.4, -0.2) is 43.3 Å². The highest BCUT2D eigenvalue weighted by Gasteiger charge is 2.31. The lowest BCUT2D eigenvalue weighted by Gasteiger charge is -2.19. The van der Waals surface area contributed by atoms with Crippen LogP contribution in [0.4, 0.5) is 0 Å². The van der Waals surface area contributed by atoms with Crippen molar-refractivity contribution in [3.63, 3.8) is 0 Å². The molecule has 0 heterocycles. The summed E-state index contributed by atoms with van der Waals surface area (Å²) in [4.78, 5) is 0. The van der Waals surface area contributed by atoms with Gasteiger partial charge in [-0.1, -0.05) is 0 Å². The lowest BCUT2D eigenvalue weighted by molar-refractivity contribution is 0.446. The molecule has 0 spiro atoms. The van der Waals surface area contributed by atoms with Gasteiger partial charge in [0, 0.05) is 24.8 Å². The highest BCUT2D eigenvalue weighted by molar-refractivity contribution is 7.89. The molecular formula is C8H15Cl2NO2S. The Morgan fingerprint density at radius 1 is 1.14 bits per heavy atom. The Bertz CT molecular complexity index is 259. The quantitative estimate of drug-likeness (QED) is 0.651. The van der Waals surface area contributed by atoms with E-state index in [0.717, 1.165) is 12.8 Å². The van der Waals surface area contributed by atoms with Crippen molar-refractivity contribution in [2.45, 2.75) is 12.8 Å². The molecule has 6 heteroatoms. The van der Waals surface area contributed by atoms with E-state index in [1.54, 1.807) is 0 Å². The Kier molecular flexibility index (Phi) is 4.97. The van der Waals surface area contributed by atoms with E-state index in [4.69, 9.17) is 23.2 Å². The van der Waals surface area contributed by atoms with Crippen molar-refractivity contribution >= 4 is 33.2 Å². The Labute approximate surface area is 95.4 Å². The second-order valence-corrected chi connectivity index (χ2v) is 6.27. The van der Waals surface area contributed by atoms with Crippen LogP contribution in [0.5, 0.6) is 0 Å². The van der Waals surface area contributed by atoms with Crippen molar-refractivity contribution in [3.05, 3.63) is 0 Å². The molecule has 0 atom stereocenters. The maximum atomic E-state index is 11.8. The van der Waals surface area contributed by atoms with Gasteiger partial charge in [0.25, 0.3) is 0 Å². The fourth-order valence-electron chi connectivity index (χ4n) is 1.27. The zero-order valence-corrected chi connectivity index (χ0v) is 10.3. The average Bonchev–Trinajstić information content (AvgIpc) is 2.87. The molecule has 1 aliphatic carbocycles. The third-order valence-electron chi connectivity index (χ3n) is 2.20. The van der Waals surface area contributed by atoms with E-state index in [0.29, 0.717) is 30.8 Å². The zero-order valence-electron chi connectivity index (χ0n) is 7.95. The van der Waals surface area contributed by atoms with Gasteiger partial charge in [0.2, 0.25) is 10.0 Å². The first-order valence-electron chi connectivity index (χ1n) is 4.70. The number of nitrogens with zero attached hydrogens (tertiary/aromatic N) is 1. The molecule has 0 amide bonds. The second-order valence-electron chi connectivity index (χ2n) is 3.50. The first kappa shape index (κ1) is 12.6. The fourth-order valence-corrected chi connectivity index (χ4v) is 3.75. The highest BCUT2D eigenvalue weighted by Crippen LogP contribution is 2.31. The maximum absolute atomic E-state index is 11.8. The second kappa shape index (κ2) is 5.54. The third-order valence-corrected chi connectivity index (χ3v) is 4.59. The summed E-state index contributed by atoms with van der Waals surface area (Å²) in [5.74, 6) is 1.27. The molecule has 14 heavy (non-hydrogen) atoms. The molecule has 0 aromatic heterocycles. The minimum absolute atomic E-state index is 0.265. The van der Waals surface area contributed by atoms with E-state index in [9.17, 15) is 8.42 Å². The van der Waals surface area contributed by atoms with Crippen molar-refractivity contribution in [1.82, 2.24) is 4.31 Å². The predicted molar refractivity (Wildman–Crippen MR) is 59.5 cm³/mol. The van der Waals surface area contributed by atoms with Crippen LogP contribution in [0.15, 0.2) is 0 Å². The molecule has 1 rings (SSSR count). The molecule has 1 aliphatic rings. The summed E-state index contributed by atoms with van der Waals surface area (Å²) in [6.45, 7) is 0.729. The van der Waals surface area contributed by atoms with Gasteiger partial charge in [-0.15, -0.1) is 23.2 Å². The van der Waals surface area contributed by atoms with E-state index < -0.39 is 10.0 Å². The third kappa shape index (κ3) is 3.93. The number of hydrogen-bond donors (Lipinski definition) is 0. The Morgan fingerprint density at radius 2 is 1.64 bits per heavy atom. The summed E-state index contributed by atoms with van der Waals surface area (Å²) in [7, 11) is -3.12. The van der Waals surface area contributed by atoms with Gasteiger partial charge in [0.1, 0.15) is 0 Å². The molecule has 0 radical (unpaired) electrons. The van der Waals surface area contributed by atoms with E-state index >= 15 is 0 Å². The Balaban J connectivity index is 2.53. The molecule has 0 aromatic rings. The molecule has 1 saturated carbocycles. The van der Waals surface area contributed by atoms with Gasteiger partial charge >= 0.3 is 0 Å². The van der Waals surface area contributed by atoms with Crippen LogP contribution in [0.2, 0.25) is 0 Å². The first-order valence-corrected chi connectivity index (χ1v) is 7.37. The van der Waals surface area contributed by atoms with E-state index in [1.807, 2.05) is 0 Å². The van der Waals surface area contributed by atoms with Crippen LogP contribution in [0, 0.1) is 5.92 Å². The monoisotopic (exact) mass is 259 g/mol. The zero-order chi connectivity index (χ0) is 10.6.